The van der Waals surface area contributed by atoms with Gasteiger partial charge in [0.1, 0.15) is 12.1 Å². The number of nitrogens with zero attached hydrogens (tertiary/aromatic N) is 6. The van der Waals surface area contributed by atoms with Crippen LogP contribution < -0.4 is 14.7 Å². The maximum atomic E-state index is 12.1. The molecule has 2 saturated heterocycles. The van der Waals surface area contributed by atoms with E-state index in [0.717, 1.165) is 97.3 Å². The maximum Gasteiger partial charge on any atom is 0.175 e. The van der Waals surface area contributed by atoms with Crippen molar-refractivity contribution in [2.75, 3.05) is 73.4 Å². The summed E-state index contributed by atoms with van der Waals surface area (Å²) in [5.41, 5.74) is 7.11. The molecule has 2 aliphatic rings. The first-order valence-corrected chi connectivity index (χ1v) is 16.3. The molecule has 5 aromatic rings. The molecule has 0 bridgehead atoms. The molecule has 1 N–H and O–H groups in total. The second-order valence-electron chi connectivity index (χ2n) is 11.0. The first kappa shape index (κ1) is 27.4. The Morgan fingerprint density at radius 2 is 1.49 bits per heavy atom. The number of H-pyrrole nitrogens is 1. The lowest BCUT2D eigenvalue weighted by molar-refractivity contribution is 0.122. The Morgan fingerprint density at radius 1 is 0.767 bits per heavy atom. The number of piperazine rings is 1. The van der Waals surface area contributed by atoms with Gasteiger partial charge in [0.05, 0.1) is 35.5 Å². The van der Waals surface area contributed by atoms with Gasteiger partial charge in [0.2, 0.25) is 0 Å². The molecule has 2 aliphatic heterocycles. The summed E-state index contributed by atoms with van der Waals surface area (Å²) >= 11 is 0. The van der Waals surface area contributed by atoms with Gasteiger partial charge in [0.25, 0.3) is 0 Å². The van der Waals surface area contributed by atoms with E-state index in [9.17, 15) is 8.42 Å². The number of ether oxygens (including phenoxy) is 1. The number of rotatable bonds is 6. The van der Waals surface area contributed by atoms with Gasteiger partial charge in [-0.15, -0.1) is 0 Å². The summed E-state index contributed by atoms with van der Waals surface area (Å²) in [4.78, 5) is 16.5. The largest absolute Gasteiger partial charge is 0.378 e. The fourth-order valence-electron chi connectivity index (χ4n) is 5.94. The Bertz CT molecular complexity index is 1860. The van der Waals surface area contributed by atoms with Crippen LogP contribution in [0.1, 0.15) is 0 Å². The number of aromatic amines is 1. The summed E-state index contributed by atoms with van der Waals surface area (Å²) in [5, 5.41) is 8.60. The van der Waals surface area contributed by atoms with E-state index < -0.39 is 9.84 Å². The van der Waals surface area contributed by atoms with Gasteiger partial charge >= 0.3 is 0 Å². The zero-order valence-corrected chi connectivity index (χ0v) is 24.8. The van der Waals surface area contributed by atoms with Crippen molar-refractivity contribution < 1.29 is 13.2 Å². The predicted octanol–water partition coefficient (Wildman–Crippen LogP) is 4.25. The Morgan fingerprint density at radius 3 is 2.26 bits per heavy atom. The fraction of sp³-hybridized carbons (Fsp3) is 0.281. The average molecular weight is 596 g/mol. The van der Waals surface area contributed by atoms with E-state index >= 15 is 0 Å². The lowest BCUT2D eigenvalue weighted by Crippen LogP contribution is -2.47. The third-order valence-corrected chi connectivity index (χ3v) is 9.40. The molecular formula is C32H33N7O3S. The number of anilines is 3. The number of nitrogens with one attached hydrogen (secondary N) is 1. The number of hydrogen-bond donors (Lipinski definition) is 1. The summed E-state index contributed by atoms with van der Waals surface area (Å²) in [6.07, 6.45) is 4.74. The van der Waals surface area contributed by atoms with E-state index in [0.29, 0.717) is 4.90 Å². The quantitative estimate of drug-likeness (QED) is 0.308. The molecule has 0 aliphatic carbocycles. The van der Waals surface area contributed by atoms with Crippen LogP contribution in [0.5, 0.6) is 0 Å². The maximum absolute atomic E-state index is 12.1. The van der Waals surface area contributed by atoms with E-state index in [2.05, 4.69) is 66.3 Å². The standard InChI is InChI=1S/C32H33N7O3S/c1-43(40,41)27-4-2-3-26(20-27)37-11-13-39(14-12-37)32-28-19-24(7-10-30(28)33-22-34-32)29-21-35-36-31(29)23-5-8-25(9-6-23)38-15-17-42-18-16-38/h2-10,19-22H,11-18H2,1H3,(H,35,36). The molecule has 0 radical (unpaired) electrons. The summed E-state index contributed by atoms with van der Waals surface area (Å²) in [5.74, 6) is 0.899. The third-order valence-electron chi connectivity index (χ3n) is 8.29. The molecule has 0 atom stereocenters. The number of fused-ring (bicyclic) bond motifs is 1. The number of morpholine rings is 1. The average Bonchev–Trinajstić information content (AvgIpc) is 3.55. The van der Waals surface area contributed by atoms with Crippen LogP contribution in [0.15, 0.2) is 84.1 Å². The van der Waals surface area contributed by atoms with Gasteiger partial charge in [-0.2, -0.15) is 5.10 Å². The zero-order valence-electron chi connectivity index (χ0n) is 24.0. The number of sulfone groups is 1. The van der Waals surface area contributed by atoms with Crippen LogP contribution in [-0.2, 0) is 14.6 Å². The Kier molecular flexibility index (Phi) is 7.20. The molecule has 3 aromatic carbocycles. The number of hydrogen-bond acceptors (Lipinski definition) is 9. The lowest BCUT2D eigenvalue weighted by Gasteiger charge is -2.37. The van der Waals surface area contributed by atoms with Crippen LogP contribution in [0.25, 0.3) is 33.3 Å². The highest BCUT2D eigenvalue weighted by Crippen LogP contribution is 2.35. The first-order chi connectivity index (χ1) is 20.9. The zero-order chi connectivity index (χ0) is 29.4. The van der Waals surface area contributed by atoms with E-state index in [1.807, 2.05) is 18.3 Å². The van der Waals surface area contributed by atoms with Gasteiger partial charge in [-0.25, -0.2) is 18.4 Å². The van der Waals surface area contributed by atoms with Crippen LogP contribution in [-0.4, -0.2) is 87.3 Å². The SMILES string of the molecule is CS(=O)(=O)c1cccc(N2CCN(c3ncnc4ccc(-c5cn[nH]c5-c5ccc(N6CCOCC6)cc5)cc34)CC2)c1. The topological polar surface area (TPSA) is 108 Å². The Hall–Kier alpha value is -4.48. The molecule has 0 saturated carbocycles. The molecule has 220 valence electrons. The van der Waals surface area contributed by atoms with Crippen molar-refractivity contribution in [2.24, 2.45) is 0 Å². The molecule has 0 spiro atoms. The van der Waals surface area contributed by atoms with Crippen molar-refractivity contribution >= 4 is 37.9 Å². The highest BCUT2D eigenvalue weighted by Gasteiger charge is 2.22. The molecule has 11 heteroatoms. The van der Waals surface area contributed by atoms with Gasteiger partial charge in [0.15, 0.2) is 9.84 Å². The minimum Gasteiger partial charge on any atom is -0.378 e. The van der Waals surface area contributed by atoms with Gasteiger partial charge in [-0.3, -0.25) is 5.10 Å². The summed E-state index contributed by atoms with van der Waals surface area (Å²) in [6.45, 7) is 6.35. The molecular weight excluding hydrogens is 562 g/mol. The van der Waals surface area contributed by atoms with Gasteiger partial charge in [0, 0.05) is 73.4 Å². The van der Waals surface area contributed by atoms with Crippen molar-refractivity contribution in [1.82, 2.24) is 20.2 Å². The van der Waals surface area contributed by atoms with Gasteiger partial charge in [-0.05, 0) is 48.0 Å². The fourth-order valence-corrected chi connectivity index (χ4v) is 6.60. The summed E-state index contributed by atoms with van der Waals surface area (Å²) in [6, 6.07) is 22.1. The predicted molar refractivity (Wildman–Crippen MR) is 170 cm³/mol. The summed E-state index contributed by atoms with van der Waals surface area (Å²) in [7, 11) is -3.26. The molecule has 7 rings (SSSR count). The van der Waals surface area contributed by atoms with E-state index in [4.69, 9.17) is 9.72 Å². The van der Waals surface area contributed by atoms with Crippen LogP contribution in [0, 0.1) is 0 Å². The summed E-state index contributed by atoms with van der Waals surface area (Å²) < 4.78 is 29.6. The lowest BCUT2D eigenvalue weighted by atomic mass is 10.00. The highest BCUT2D eigenvalue weighted by atomic mass is 32.2. The van der Waals surface area contributed by atoms with Gasteiger partial charge in [-0.1, -0.05) is 24.3 Å². The van der Waals surface area contributed by atoms with Crippen molar-refractivity contribution in [1.29, 1.82) is 0 Å². The third kappa shape index (κ3) is 5.53. The molecule has 10 nitrogen and oxygen atoms in total. The Balaban J connectivity index is 1.13. The minimum absolute atomic E-state index is 0.341. The van der Waals surface area contributed by atoms with E-state index in [1.54, 1.807) is 24.5 Å². The van der Waals surface area contributed by atoms with E-state index in [-0.39, 0.29) is 0 Å². The van der Waals surface area contributed by atoms with Crippen LogP contribution in [0.2, 0.25) is 0 Å². The number of benzene rings is 3. The van der Waals surface area contributed by atoms with Gasteiger partial charge < -0.3 is 19.4 Å². The van der Waals surface area contributed by atoms with Crippen molar-refractivity contribution in [3.63, 3.8) is 0 Å². The second kappa shape index (κ2) is 11.3. The van der Waals surface area contributed by atoms with Crippen molar-refractivity contribution in [3.8, 4) is 22.4 Å². The minimum atomic E-state index is -3.26. The van der Waals surface area contributed by atoms with Crippen LogP contribution in [0.3, 0.4) is 0 Å². The molecule has 0 amide bonds. The molecule has 2 aromatic heterocycles. The number of aromatic nitrogens is 4. The van der Waals surface area contributed by atoms with Crippen molar-refractivity contribution in [3.05, 3.63) is 79.3 Å². The second-order valence-corrected chi connectivity index (χ2v) is 13.0. The Labute approximate surface area is 250 Å². The molecule has 2 fully saturated rings. The molecule has 4 heterocycles. The first-order valence-electron chi connectivity index (χ1n) is 14.5. The van der Waals surface area contributed by atoms with Crippen LogP contribution >= 0.6 is 0 Å². The highest BCUT2D eigenvalue weighted by molar-refractivity contribution is 7.90. The van der Waals surface area contributed by atoms with Crippen molar-refractivity contribution in [2.45, 2.75) is 4.90 Å². The molecule has 43 heavy (non-hydrogen) atoms. The smallest absolute Gasteiger partial charge is 0.175 e. The normalized spacial score (nSPS) is 16.2. The molecule has 0 unspecified atom stereocenters. The van der Waals surface area contributed by atoms with E-state index in [1.165, 1.54) is 11.9 Å². The monoisotopic (exact) mass is 595 g/mol. The van der Waals surface area contributed by atoms with Crippen LogP contribution in [0.4, 0.5) is 17.2 Å².